The highest BCUT2D eigenvalue weighted by Gasteiger charge is 2.29. The third kappa shape index (κ3) is 2.77. The van der Waals surface area contributed by atoms with Gasteiger partial charge in [0.2, 0.25) is 0 Å². The van der Waals surface area contributed by atoms with Crippen LogP contribution < -0.4 is 11.1 Å². The van der Waals surface area contributed by atoms with Crippen LogP contribution in [0.15, 0.2) is 36.9 Å². The van der Waals surface area contributed by atoms with Gasteiger partial charge < -0.3 is 15.6 Å². The predicted molar refractivity (Wildman–Crippen MR) is 82.0 cm³/mol. The van der Waals surface area contributed by atoms with Crippen molar-refractivity contribution in [1.82, 2.24) is 14.9 Å². The molecule has 0 radical (unpaired) electrons. The second-order valence-corrected chi connectivity index (χ2v) is 5.66. The number of carbonyl (C=O) groups excluding carboxylic acids is 1. The third-order valence-corrected chi connectivity index (χ3v) is 4.25. The Hall–Kier alpha value is -2.30. The lowest BCUT2D eigenvalue weighted by atomic mass is 10.1. The van der Waals surface area contributed by atoms with Crippen LogP contribution >= 0.6 is 0 Å². The molecule has 3 N–H and O–H groups in total. The van der Waals surface area contributed by atoms with Gasteiger partial charge >= 0.3 is 0 Å². The van der Waals surface area contributed by atoms with Crippen molar-refractivity contribution in [3.8, 4) is 0 Å². The van der Waals surface area contributed by atoms with Crippen molar-refractivity contribution in [3.63, 3.8) is 0 Å². The highest BCUT2D eigenvalue weighted by atomic mass is 16.1. The van der Waals surface area contributed by atoms with E-state index in [1.165, 1.54) is 0 Å². The number of nitrogens with zero attached hydrogens (tertiary/aromatic N) is 2. The van der Waals surface area contributed by atoms with Crippen molar-refractivity contribution in [2.75, 3.05) is 5.73 Å². The fourth-order valence-electron chi connectivity index (χ4n) is 2.96. The lowest BCUT2D eigenvalue weighted by Crippen LogP contribution is -2.38. The normalized spacial score (nSPS) is 21.4. The van der Waals surface area contributed by atoms with E-state index in [0.29, 0.717) is 17.3 Å². The number of carbonyl (C=O) groups is 1. The SMILES string of the molecule is Cc1ccc(C(=O)NC2CCCC2n2ccnc2)cc1N. The second-order valence-electron chi connectivity index (χ2n) is 5.66. The summed E-state index contributed by atoms with van der Waals surface area (Å²) >= 11 is 0. The van der Waals surface area contributed by atoms with Crippen LogP contribution in [0.2, 0.25) is 0 Å². The van der Waals surface area contributed by atoms with Gasteiger partial charge in [-0.15, -0.1) is 0 Å². The minimum absolute atomic E-state index is 0.0567. The molecule has 1 heterocycles. The van der Waals surface area contributed by atoms with Crippen molar-refractivity contribution >= 4 is 11.6 Å². The topological polar surface area (TPSA) is 72.9 Å². The number of nitrogen functional groups attached to an aromatic ring is 1. The average molecular weight is 284 g/mol. The van der Waals surface area contributed by atoms with Gasteiger partial charge in [-0.1, -0.05) is 6.07 Å². The Balaban J connectivity index is 1.73. The van der Waals surface area contributed by atoms with Crippen molar-refractivity contribution in [1.29, 1.82) is 0 Å². The van der Waals surface area contributed by atoms with Crippen LogP contribution in [0.3, 0.4) is 0 Å². The summed E-state index contributed by atoms with van der Waals surface area (Å²) in [4.78, 5) is 16.5. The molecule has 0 spiro atoms. The van der Waals surface area contributed by atoms with Crippen LogP contribution in [0.1, 0.15) is 41.2 Å². The number of anilines is 1. The summed E-state index contributed by atoms with van der Waals surface area (Å²) in [5.41, 5.74) is 8.14. The van der Waals surface area contributed by atoms with E-state index < -0.39 is 0 Å². The van der Waals surface area contributed by atoms with Crippen LogP contribution in [0.4, 0.5) is 5.69 Å². The number of aryl methyl sites for hydroxylation is 1. The molecule has 3 rings (SSSR count). The van der Waals surface area contributed by atoms with E-state index in [1.54, 1.807) is 12.3 Å². The van der Waals surface area contributed by atoms with Crippen LogP contribution in [0.5, 0.6) is 0 Å². The van der Waals surface area contributed by atoms with Gasteiger partial charge in [-0.3, -0.25) is 4.79 Å². The molecule has 1 aromatic carbocycles. The molecule has 110 valence electrons. The Morgan fingerprint density at radius 1 is 1.43 bits per heavy atom. The molecule has 1 saturated carbocycles. The van der Waals surface area contributed by atoms with Crippen LogP contribution in [0, 0.1) is 6.92 Å². The summed E-state index contributed by atoms with van der Waals surface area (Å²) in [6.45, 7) is 1.93. The monoisotopic (exact) mass is 284 g/mol. The van der Waals surface area contributed by atoms with Gasteiger partial charge in [0.25, 0.3) is 5.91 Å². The molecule has 2 atom stereocenters. The van der Waals surface area contributed by atoms with Gasteiger partial charge in [0.1, 0.15) is 0 Å². The van der Waals surface area contributed by atoms with Crippen molar-refractivity contribution in [2.24, 2.45) is 0 Å². The number of nitrogens with one attached hydrogen (secondary N) is 1. The van der Waals surface area contributed by atoms with Crippen LogP contribution in [-0.2, 0) is 0 Å². The quantitative estimate of drug-likeness (QED) is 0.849. The molecule has 21 heavy (non-hydrogen) atoms. The molecule has 0 bridgehead atoms. The van der Waals surface area contributed by atoms with Gasteiger partial charge in [0.05, 0.1) is 12.4 Å². The number of imidazole rings is 1. The largest absolute Gasteiger partial charge is 0.398 e. The molecule has 5 heteroatoms. The van der Waals surface area contributed by atoms with E-state index in [0.717, 1.165) is 24.8 Å². The molecule has 2 unspecified atom stereocenters. The van der Waals surface area contributed by atoms with Gasteiger partial charge in [-0.05, 0) is 43.9 Å². The molecule has 1 fully saturated rings. The van der Waals surface area contributed by atoms with Gasteiger partial charge in [-0.2, -0.15) is 0 Å². The van der Waals surface area contributed by atoms with E-state index >= 15 is 0 Å². The van der Waals surface area contributed by atoms with Crippen LogP contribution in [-0.4, -0.2) is 21.5 Å². The predicted octanol–water partition coefficient (Wildman–Crippen LogP) is 2.30. The Morgan fingerprint density at radius 2 is 2.29 bits per heavy atom. The third-order valence-electron chi connectivity index (χ3n) is 4.25. The lowest BCUT2D eigenvalue weighted by Gasteiger charge is -2.22. The number of hydrogen-bond donors (Lipinski definition) is 2. The fourth-order valence-corrected chi connectivity index (χ4v) is 2.96. The maximum atomic E-state index is 12.4. The first-order valence-electron chi connectivity index (χ1n) is 7.29. The van der Waals surface area contributed by atoms with Crippen molar-refractivity contribution in [3.05, 3.63) is 48.0 Å². The average Bonchev–Trinajstić information content (AvgIpc) is 3.12. The first-order valence-corrected chi connectivity index (χ1v) is 7.29. The van der Waals surface area contributed by atoms with Gasteiger partial charge in [0.15, 0.2) is 0 Å². The molecule has 5 nitrogen and oxygen atoms in total. The molecular weight excluding hydrogens is 264 g/mol. The maximum Gasteiger partial charge on any atom is 0.251 e. The summed E-state index contributed by atoms with van der Waals surface area (Å²) in [6, 6.07) is 5.88. The second kappa shape index (κ2) is 5.60. The molecule has 1 amide bonds. The van der Waals surface area contributed by atoms with E-state index in [9.17, 15) is 4.79 Å². The zero-order valence-corrected chi connectivity index (χ0v) is 12.1. The number of hydrogen-bond acceptors (Lipinski definition) is 3. The van der Waals surface area contributed by atoms with E-state index in [2.05, 4.69) is 14.9 Å². The highest BCUT2D eigenvalue weighted by Crippen LogP contribution is 2.30. The summed E-state index contributed by atoms with van der Waals surface area (Å²) in [5, 5.41) is 3.14. The standard InChI is InChI=1S/C16H20N4O/c1-11-5-6-12(9-13(11)17)16(21)19-14-3-2-4-15(14)20-8-7-18-10-20/h5-10,14-15H,2-4,17H2,1H3,(H,19,21). The van der Waals surface area contributed by atoms with Gasteiger partial charge in [-0.25, -0.2) is 4.98 Å². The molecule has 2 aromatic rings. The van der Waals surface area contributed by atoms with Crippen LogP contribution in [0.25, 0.3) is 0 Å². The number of amides is 1. The van der Waals surface area contributed by atoms with E-state index in [1.807, 2.05) is 31.6 Å². The Kier molecular flexibility index (Phi) is 3.64. The minimum Gasteiger partial charge on any atom is -0.398 e. The minimum atomic E-state index is -0.0567. The fraction of sp³-hybridized carbons (Fsp3) is 0.375. The Labute approximate surface area is 124 Å². The summed E-state index contributed by atoms with van der Waals surface area (Å²) in [7, 11) is 0. The number of benzene rings is 1. The first kappa shape index (κ1) is 13.7. The first-order chi connectivity index (χ1) is 10.1. The van der Waals surface area contributed by atoms with Gasteiger partial charge in [0, 0.05) is 29.7 Å². The molecule has 1 aliphatic carbocycles. The number of nitrogens with two attached hydrogens (primary N) is 1. The molecule has 0 aliphatic heterocycles. The smallest absolute Gasteiger partial charge is 0.251 e. The van der Waals surface area contributed by atoms with Crippen molar-refractivity contribution in [2.45, 2.75) is 38.3 Å². The summed E-state index contributed by atoms with van der Waals surface area (Å²) < 4.78 is 2.08. The highest BCUT2D eigenvalue weighted by molar-refractivity contribution is 5.95. The number of rotatable bonds is 3. The molecule has 1 aromatic heterocycles. The Morgan fingerprint density at radius 3 is 3.00 bits per heavy atom. The number of aromatic nitrogens is 2. The zero-order valence-electron chi connectivity index (χ0n) is 12.1. The lowest BCUT2D eigenvalue weighted by molar-refractivity contribution is 0.0929. The maximum absolute atomic E-state index is 12.4. The van der Waals surface area contributed by atoms with Crippen molar-refractivity contribution < 1.29 is 4.79 Å². The molecular formula is C16H20N4O. The Bertz CT molecular complexity index is 636. The molecule has 0 saturated heterocycles. The molecule has 1 aliphatic rings. The zero-order chi connectivity index (χ0) is 14.8. The van der Waals surface area contributed by atoms with E-state index in [4.69, 9.17) is 5.73 Å². The summed E-state index contributed by atoms with van der Waals surface area (Å²) in [6.07, 6.45) is 8.73. The summed E-state index contributed by atoms with van der Waals surface area (Å²) in [5.74, 6) is -0.0567. The van der Waals surface area contributed by atoms with E-state index in [-0.39, 0.29) is 11.9 Å².